The van der Waals surface area contributed by atoms with Gasteiger partial charge in [0.25, 0.3) is 5.91 Å². The van der Waals surface area contributed by atoms with Crippen LogP contribution in [0.3, 0.4) is 0 Å². The largest absolute Gasteiger partial charge is 0.416 e. The first-order chi connectivity index (χ1) is 10.8. The summed E-state index contributed by atoms with van der Waals surface area (Å²) in [5.74, 6) is -0.445. The number of nitrogens with zero attached hydrogens (tertiary/aromatic N) is 2. The Morgan fingerprint density at radius 1 is 1.48 bits per heavy atom. The van der Waals surface area contributed by atoms with E-state index in [1.165, 1.54) is 16.2 Å². The van der Waals surface area contributed by atoms with Crippen molar-refractivity contribution in [2.24, 2.45) is 0 Å². The fraction of sp³-hybridized carbons (Fsp3) is 0.429. The number of anilines is 1. The number of rotatable bonds is 1. The highest BCUT2D eigenvalue weighted by Crippen LogP contribution is 2.29. The summed E-state index contributed by atoms with van der Waals surface area (Å²) >= 11 is 1.24. The van der Waals surface area contributed by atoms with E-state index < -0.39 is 24.7 Å². The van der Waals surface area contributed by atoms with Gasteiger partial charge in [0, 0.05) is 12.1 Å². The second kappa shape index (κ2) is 5.64. The molecular formula is C14H14F3N3O2S. The van der Waals surface area contributed by atoms with Crippen LogP contribution in [0.1, 0.15) is 15.9 Å². The van der Waals surface area contributed by atoms with E-state index in [-0.39, 0.29) is 13.2 Å². The first-order valence-corrected chi connectivity index (χ1v) is 7.71. The molecular weight excluding hydrogens is 331 g/mol. The van der Waals surface area contributed by atoms with Crippen LogP contribution in [0.25, 0.3) is 10.2 Å². The van der Waals surface area contributed by atoms with Gasteiger partial charge in [-0.3, -0.25) is 4.79 Å². The number of carbonyl (C=O) groups excluding carboxylic acids is 1. The number of nitrogen functional groups attached to an aromatic ring is 1. The van der Waals surface area contributed by atoms with Gasteiger partial charge in [-0.1, -0.05) is 11.3 Å². The third-order valence-electron chi connectivity index (χ3n) is 3.67. The summed E-state index contributed by atoms with van der Waals surface area (Å²) in [5, 5.41) is 0.385. The van der Waals surface area contributed by atoms with E-state index in [0.717, 1.165) is 10.3 Å². The predicted octanol–water partition coefficient (Wildman–Crippen LogP) is 2.59. The standard InChI is InChI=1S/C14H14F3N3O2S/c1-7-4-8(5-9-11(7)19-13(18)23-9)12(21)20-2-3-22-10(6-20)14(15,16)17/h4-5,10H,2-3,6H2,1H3,(H2,18,19)/t10-/m1/s1. The summed E-state index contributed by atoms with van der Waals surface area (Å²) in [5.41, 5.74) is 7.47. The Kier molecular flexibility index (Phi) is 3.93. The third-order valence-corrected chi connectivity index (χ3v) is 4.50. The minimum atomic E-state index is -4.48. The van der Waals surface area contributed by atoms with E-state index in [1.807, 2.05) is 0 Å². The van der Waals surface area contributed by atoms with Crippen molar-refractivity contribution in [2.75, 3.05) is 25.4 Å². The van der Waals surface area contributed by atoms with Crippen LogP contribution in [-0.4, -0.2) is 47.8 Å². The number of nitrogens with two attached hydrogens (primary N) is 1. The van der Waals surface area contributed by atoms with Crippen LogP contribution in [0.4, 0.5) is 18.3 Å². The normalized spacial score (nSPS) is 19.3. The number of aromatic nitrogens is 1. The van der Waals surface area contributed by atoms with Crippen LogP contribution in [0.5, 0.6) is 0 Å². The number of halogens is 3. The van der Waals surface area contributed by atoms with Crippen LogP contribution in [-0.2, 0) is 4.74 Å². The van der Waals surface area contributed by atoms with Gasteiger partial charge >= 0.3 is 6.18 Å². The van der Waals surface area contributed by atoms with Crippen molar-refractivity contribution < 1.29 is 22.7 Å². The van der Waals surface area contributed by atoms with E-state index in [4.69, 9.17) is 10.5 Å². The molecule has 2 aromatic rings. The van der Waals surface area contributed by atoms with Crippen LogP contribution in [0, 0.1) is 6.92 Å². The molecule has 2 N–H and O–H groups in total. The zero-order valence-electron chi connectivity index (χ0n) is 12.2. The molecule has 1 aromatic carbocycles. The molecule has 5 nitrogen and oxygen atoms in total. The highest BCUT2D eigenvalue weighted by atomic mass is 32.1. The average Bonchev–Trinajstić information content (AvgIpc) is 2.87. The van der Waals surface area contributed by atoms with E-state index in [1.54, 1.807) is 19.1 Å². The number of carbonyl (C=O) groups is 1. The molecule has 0 bridgehead atoms. The van der Waals surface area contributed by atoms with Gasteiger partial charge in [-0.05, 0) is 24.6 Å². The van der Waals surface area contributed by atoms with Crippen molar-refractivity contribution in [1.29, 1.82) is 0 Å². The molecule has 1 aromatic heterocycles. The van der Waals surface area contributed by atoms with Crippen LogP contribution in [0.2, 0.25) is 0 Å². The Morgan fingerprint density at radius 2 is 2.22 bits per heavy atom. The molecule has 0 saturated carbocycles. The van der Waals surface area contributed by atoms with Crippen LogP contribution in [0.15, 0.2) is 12.1 Å². The summed E-state index contributed by atoms with van der Waals surface area (Å²) in [4.78, 5) is 17.9. The Morgan fingerprint density at radius 3 is 2.91 bits per heavy atom. The maximum absolute atomic E-state index is 12.8. The number of hydrogen-bond donors (Lipinski definition) is 1. The lowest BCUT2D eigenvalue weighted by Crippen LogP contribution is -2.51. The average molecular weight is 345 g/mol. The number of amides is 1. The van der Waals surface area contributed by atoms with Gasteiger partial charge in [0.1, 0.15) is 0 Å². The molecule has 1 saturated heterocycles. The second-order valence-electron chi connectivity index (χ2n) is 5.34. The van der Waals surface area contributed by atoms with Gasteiger partial charge in [-0.15, -0.1) is 0 Å². The highest BCUT2D eigenvalue weighted by molar-refractivity contribution is 7.22. The Labute approximate surface area is 133 Å². The second-order valence-corrected chi connectivity index (χ2v) is 6.41. The molecule has 0 unspecified atom stereocenters. The fourth-order valence-electron chi connectivity index (χ4n) is 2.55. The molecule has 124 valence electrons. The number of benzene rings is 1. The van der Waals surface area contributed by atoms with Gasteiger partial charge in [-0.25, -0.2) is 4.98 Å². The number of hydrogen-bond acceptors (Lipinski definition) is 5. The SMILES string of the molecule is Cc1cc(C(=O)N2CCO[C@@H](C(F)(F)F)C2)cc2sc(N)nc12. The predicted molar refractivity (Wildman–Crippen MR) is 80.5 cm³/mol. The molecule has 1 aliphatic rings. The first-order valence-electron chi connectivity index (χ1n) is 6.90. The van der Waals surface area contributed by atoms with Gasteiger partial charge < -0.3 is 15.4 Å². The third kappa shape index (κ3) is 3.11. The lowest BCUT2D eigenvalue weighted by Gasteiger charge is -2.33. The van der Waals surface area contributed by atoms with Crippen molar-refractivity contribution in [3.63, 3.8) is 0 Å². The Bertz CT molecular complexity index is 760. The lowest BCUT2D eigenvalue weighted by molar-refractivity contribution is -0.233. The van der Waals surface area contributed by atoms with Crippen LogP contribution < -0.4 is 5.73 Å². The number of thiazole rings is 1. The summed E-state index contributed by atoms with van der Waals surface area (Å²) in [6.07, 6.45) is -6.42. The molecule has 1 atom stereocenters. The monoisotopic (exact) mass is 345 g/mol. The molecule has 23 heavy (non-hydrogen) atoms. The van der Waals surface area contributed by atoms with Gasteiger partial charge in [0.15, 0.2) is 11.2 Å². The molecule has 1 aliphatic heterocycles. The van der Waals surface area contributed by atoms with E-state index in [9.17, 15) is 18.0 Å². The fourth-order valence-corrected chi connectivity index (χ4v) is 3.40. The number of aryl methyl sites for hydroxylation is 1. The number of fused-ring (bicyclic) bond motifs is 1. The van der Waals surface area contributed by atoms with Crippen molar-refractivity contribution in [3.05, 3.63) is 23.3 Å². The molecule has 2 heterocycles. The summed E-state index contributed by atoms with van der Waals surface area (Å²) < 4.78 is 43.8. The molecule has 1 fully saturated rings. The van der Waals surface area contributed by atoms with E-state index in [0.29, 0.717) is 16.2 Å². The van der Waals surface area contributed by atoms with Gasteiger partial charge in [-0.2, -0.15) is 13.2 Å². The van der Waals surface area contributed by atoms with Crippen molar-refractivity contribution >= 4 is 32.6 Å². The molecule has 0 aliphatic carbocycles. The summed E-state index contributed by atoms with van der Waals surface area (Å²) in [7, 11) is 0. The zero-order valence-corrected chi connectivity index (χ0v) is 13.0. The highest BCUT2D eigenvalue weighted by Gasteiger charge is 2.44. The van der Waals surface area contributed by atoms with E-state index >= 15 is 0 Å². The number of ether oxygens (including phenoxy) is 1. The van der Waals surface area contributed by atoms with Gasteiger partial charge in [0.2, 0.25) is 0 Å². The van der Waals surface area contributed by atoms with Crippen molar-refractivity contribution in [2.45, 2.75) is 19.2 Å². The Balaban J connectivity index is 1.88. The molecule has 3 rings (SSSR count). The zero-order chi connectivity index (χ0) is 16.8. The first kappa shape index (κ1) is 16.0. The topological polar surface area (TPSA) is 68.5 Å². The molecule has 1 amide bonds. The quantitative estimate of drug-likeness (QED) is 0.863. The van der Waals surface area contributed by atoms with Crippen LogP contribution >= 0.6 is 11.3 Å². The number of alkyl halides is 3. The van der Waals surface area contributed by atoms with Crippen molar-refractivity contribution in [1.82, 2.24) is 9.88 Å². The number of morpholine rings is 1. The Hall–Kier alpha value is -1.87. The maximum atomic E-state index is 12.8. The molecule has 0 spiro atoms. The summed E-state index contributed by atoms with van der Waals surface area (Å²) in [6, 6.07) is 3.25. The van der Waals surface area contributed by atoms with E-state index in [2.05, 4.69) is 4.98 Å². The summed E-state index contributed by atoms with van der Waals surface area (Å²) in [6.45, 7) is 1.29. The van der Waals surface area contributed by atoms with Crippen molar-refractivity contribution in [3.8, 4) is 0 Å². The smallest absolute Gasteiger partial charge is 0.375 e. The van der Waals surface area contributed by atoms with Gasteiger partial charge in [0.05, 0.1) is 23.4 Å². The molecule has 9 heteroatoms. The minimum Gasteiger partial charge on any atom is -0.375 e. The molecule has 0 radical (unpaired) electrons. The minimum absolute atomic E-state index is 0.132. The maximum Gasteiger partial charge on any atom is 0.416 e. The lowest BCUT2D eigenvalue weighted by atomic mass is 10.1.